The van der Waals surface area contributed by atoms with Gasteiger partial charge in [-0.25, -0.2) is 4.79 Å². The minimum atomic E-state index is -0.939. The Kier molecular flexibility index (Phi) is 5.22. The van der Waals surface area contributed by atoms with Crippen LogP contribution in [0.15, 0.2) is 0 Å². The van der Waals surface area contributed by atoms with Gasteiger partial charge in [0.1, 0.15) is 0 Å². The van der Waals surface area contributed by atoms with Crippen LogP contribution >= 0.6 is 0 Å². The van der Waals surface area contributed by atoms with Crippen LogP contribution in [-0.4, -0.2) is 23.8 Å². The predicted octanol–water partition coefficient (Wildman–Crippen LogP) is 0.889. The molecule has 0 spiro atoms. The van der Waals surface area contributed by atoms with E-state index >= 15 is 0 Å². The second-order valence-corrected chi connectivity index (χ2v) is 2.16. The number of aliphatic carboxylic acids is 1. The Labute approximate surface area is 66.4 Å². The van der Waals surface area contributed by atoms with Gasteiger partial charge in [-0.1, -0.05) is 0 Å². The molecule has 0 aliphatic carbocycles. The molecule has 0 aromatic rings. The van der Waals surface area contributed by atoms with Gasteiger partial charge >= 0.3 is 5.97 Å². The Hall–Kier alpha value is -1.01. The van der Waals surface area contributed by atoms with Gasteiger partial charge in [0.2, 0.25) is 0 Å². The van der Waals surface area contributed by atoms with Gasteiger partial charge in [-0.3, -0.25) is 0 Å². The highest BCUT2D eigenvalue weighted by atomic mass is 16.5. The number of hydrogen-bond acceptors (Lipinski definition) is 2. The number of ether oxygens (including phenoxy) is 1. The topological polar surface area (TPSA) is 46.5 Å². The third-order valence-corrected chi connectivity index (χ3v) is 1.18. The fourth-order valence-corrected chi connectivity index (χ4v) is 0.506. The predicted molar refractivity (Wildman–Crippen MR) is 41.1 cm³/mol. The van der Waals surface area contributed by atoms with E-state index < -0.39 is 12.1 Å². The van der Waals surface area contributed by atoms with Gasteiger partial charge in [-0.05, 0) is 13.3 Å². The van der Waals surface area contributed by atoms with Crippen molar-refractivity contribution in [2.45, 2.75) is 25.9 Å². The maximum atomic E-state index is 10.2. The first kappa shape index (κ1) is 9.99. The highest BCUT2D eigenvalue weighted by Crippen LogP contribution is 1.94. The first-order valence-electron chi connectivity index (χ1n) is 3.46. The van der Waals surface area contributed by atoms with E-state index in [0.29, 0.717) is 19.4 Å². The van der Waals surface area contributed by atoms with Crippen molar-refractivity contribution in [3.63, 3.8) is 0 Å². The summed E-state index contributed by atoms with van der Waals surface area (Å²) in [6, 6.07) is 0. The standard InChI is InChI=1S/C8H12O3/c1-3-4-5-6-11-7(2)8(9)10/h1,7H,4-6H2,2H3,(H,9,10)/t7-/m1/s1. The van der Waals surface area contributed by atoms with E-state index in [0.717, 1.165) is 0 Å². The molecule has 0 aliphatic rings. The van der Waals surface area contributed by atoms with Crippen LogP contribution in [0.3, 0.4) is 0 Å². The maximum absolute atomic E-state index is 10.2. The minimum Gasteiger partial charge on any atom is -0.479 e. The van der Waals surface area contributed by atoms with Crippen LogP contribution in [-0.2, 0) is 9.53 Å². The lowest BCUT2D eigenvalue weighted by molar-refractivity contribution is -0.149. The van der Waals surface area contributed by atoms with E-state index in [2.05, 4.69) is 5.92 Å². The maximum Gasteiger partial charge on any atom is 0.332 e. The van der Waals surface area contributed by atoms with Crippen LogP contribution in [0.4, 0.5) is 0 Å². The molecule has 0 amide bonds. The third-order valence-electron chi connectivity index (χ3n) is 1.18. The molecule has 0 fully saturated rings. The highest BCUT2D eigenvalue weighted by Gasteiger charge is 2.09. The highest BCUT2D eigenvalue weighted by molar-refractivity contribution is 5.71. The molecule has 0 unspecified atom stereocenters. The van der Waals surface area contributed by atoms with Crippen molar-refractivity contribution in [1.29, 1.82) is 0 Å². The van der Waals surface area contributed by atoms with Gasteiger partial charge in [-0.2, -0.15) is 0 Å². The van der Waals surface area contributed by atoms with Gasteiger partial charge in [0.15, 0.2) is 6.10 Å². The summed E-state index contributed by atoms with van der Waals surface area (Å²) in [7, 11) is 0. The average molecular weight is 156 g/mol. The number of carbonyl (C=O) groups is 1. The van der Waals surface area contributed by atoms with Crippen LogP contribution in [0.2, 0.25) is 0 Å². The molecule has 0 saturated heterocycles. The summed E-state index contributed by atoms with van der Waals surface area (Å²) < 4.78 is 4.91. The minimum absolute atomic E-state index is 0.414. The smallest absolute Gasteiger partial charge is 0.332 e. The summed E-state index contributed by atoms with van der Waals surface area (Å²) in [5.74, 6) is 1.50. The van der Waals surface area contributed by atoms with Crippen molar-refractivity contribution in [3.05, 3.63) is 0 Å². The van der Waals surface area contributed by atoms with Crippen molar-refractivity contribution in [2.75, 3.05) is 6.61 Å². The molecule has 3 nitrogen and oxygen atoms in total. The van der Waals surface area contributed by atoms with E-state index in [1.54, 1.807) is 0 Å². The summed E-state index contributed by atoms with van der Waals surface area (Å²) in [4.78, 5) is 10.2. The van der Waals surface area contributed by atoms with E-state index in [1.165, 1.54) is 6.92 Å². The molecule has 0 aliphatic heterocycles. The monoisotopic (exact) mass is 156 g/mol. The lowest BCUT2D eigenvalue weighted by Gasteiger charge is -2.06. The molecular formula is C8H12O3. The van der Waals surface area contributed by atoms with Crippen LogP contribution in [0, 0.1) is 12.3 Å². The number of rotatable bonds is 5. The Morgan fingerprint density at radius 3 is 2.91 bits per heavy atom. The van der Waals surface area contributed by atoms with E-state index in [9.17, 15) is 4.79 Å². The lowest BCUT2D eigenvalue weighted by atomic mass is 10.3. The van der Waals surface area contributed by atoms with Crippen molar-refractivity contribution >= 4 is 5.97 Å². The van der Waals surface area contributed by atoms with E-state index in [1.807, 2.05) is 0 Å². The number of hydrogen-bond donors (Lipinski definition) is 1. The normalized spacial score (nSPS) is 12.0. The molecule has 1 N–H and O–H groups in total. The van der Waals surface area contributed by atoms with Crippen LogP contribution in [0.25, 0.3) is 0 Å². The Morgan fingerprint density at radius 2 is 2.45 bits per heavy atom. The lowest BCUT2D eigenvalue weighted by Crippen LogP contribution is -2.20. The fraction of sp³-hybridized carbons (Fsp3) is 0.625. The zero-order valence-electron chi connectivity index (χ0n) is 6.54. The van der Waals surface area contributed by atoms with Crippen molar-refractivity contribution in [3.8, 4) is 12.3 Å². The quantitative estimate of drug-likeness (QED) is 0.475. The van der Waals surface area contributed by atoms with Crippen LogP contribution in [0.1, 0.15) is 19.8 Å². The van der Waals surface area contributed by atoms with Gasteiger partial charge in [0, 0.05) is 13.0 Å². The zero-order valence-corrected chi connectivity index (χ0v) is 6.54. The number of carboxylic acids is 1. The molecule has 0 saturated carbocycles. The van der Waals surface area contributed by atoms with Crippen LogP contribution < -0.4 is 0 Å². The third kappa shape index (κ3) is 5.43. The Balaban J connectivity index is 3.26. The molecule has 0 rings (SSSR count). The first-order valence-corrected chi connectivity index (χ1v) is 3.46. The largest absolute Gasteiger partial charge is 0.479 e. The molecule has 62 valence electrons. The van der Waals surface area contributed by atoms with Gasteiger partial charge < -0.3 is 9.84 Å². The van der Waals surface area contributed by atoms with Gasteiger partial charge in [0.25, 0.3) is 0 Å². The molecule has 0 heterocycles. The summed E-state index contributed by atoms with van der Waals surface area (Å²) in [5, 5.41) is 8.37. The van der Waals surface area contributed by atoms with Gasteiger partial charge in [-0.15, -0.1) is 12.3 Å². The van der Waals surface area contributed by atoms with Crippen LogP contribution in [0.5, 0.6) is 0 Å². The molecule has 0 aromatic carbocycles. The number of carboxylic acid groups (broad SMARTS) is 1. The molecule has 1 atom stereocenters. The number of terminal acetylenes is 1. The molecule has 0 bridgehead atoms. The summed E-state index contributed by atoms with van der Waals surface area (Å²) >= 11 is 0. The Bertz CT molecular complexity index is 157. The second kappa shape index (κ2) is 5.75. The summed E-state index contributed by atoms with van der Waals surface area (Å²) in [6.07, 6.45) is 5.60. The van der Waals surface area contributed by atoms with Crippen molar-refractivity contribution in [2.24, 2.45) is 0 Å². The molecular weight excluding hydrogens is 144 g/mol. The zero-order chi connectivity index (χ0) is 8.69. The second-order valence-electron chi connectivity index (χ2n) is 2.16. The summed E-state index contributed by atoms with van der Waals surface area (Å²) in [6.45, 7) is 1.91. The molecule has 0 aromatic heterocycles. The first-order chi connectivity index (χ1) is 5.18. The molecule has 11 heavy (non-hydrogen) atoms. The van der Waals surface area contributed by atoms with Gasteiger partial charge in [0.05, 0.1) is 0 Å². The summed E-state index contributed by atoms with van der Waals surface area (Å²) in [5.41, 5.74) is 0. The number of unbranched alkanes of at least 4 members (excludes halogenated alkanes) is 1. The van der Waals surface area contributed by atoms with Crippen molar-refractivity contribution in [1.82, 2.24) is 0 Å². The fourth-order valence-electron chi connectivity index (χ4n) is 0.506. The van der Waals surface area contributed by atoms with E-state index in [-0.39, 0.29) is 0 Å². The molecule has 3 heteroatoms. The SMILES string of the molecule is C#CCCCO[C@H](C)C(=O)O. The molecule has 0 radical (unpaired) electrons. The average Bonchev–Trinajstić information content (AvgIpc) is 1.97. The van der Waals surface area contributed by atoms with E-state index in [4.69, 9.17) is 16.3 Å². The van der Waals surface area contributed by atoms with Crippen molar-refractivity contribution < 1.29 is 14.6 Å². The Morgan fingerprint density at radius 1 is 1.82 bits per heavy atom.